The minimum atomic E-state index is 0.623. The van der Waals surface area contributed by atoms with Gasteiger partial charge in [0, 0.05) is 66.1 Å². The summed E-state index contributed by atoms with van der Waals surface area (Å²) >= 11 is 0. The van der Waals surface area contributed by atoms with Gasteiger partial charge in [-0.05, 0) is 239 Å². The lowest BCUT2D eigenvalue weighted by molar-refractivity contribution is 1.07. The Morgan fingerprint density at radius 2 is 0.270 bits per heavy atom. The standard InChI is InChI=1S/C71H43N3.C70H42N4/c1-3-17-45(18-4-1)68-43-69(46-19-5-2-6-20-46)74-71(73-68)47-33-31-44(32-34-47)62-41-66-63(48-35-37-59-54-25-9-7-21-50(54)52-23-11-13-27-56(52)64(59)39-48)42-67(72-70(66)61-30-16-15-29-58(61)62)49-36-38-60-55-26-10-8-22-51(55)53-24-12-14-28-57(53)65(60)40-49;1-3-17-44(18-4-1)68-72-69(45-19-5-2-6-20-45)74-70(73-68)46-33-31-43(32-34-46)61-41-65-62(47-35-37-58-53-25-9-7-21-49(53)51-23-11-13-27-55(51)63(58)39-47)42-66(71-67(65)60-30-16-15-29-57(60)61)48-36-38-59-54-26-10-8-22-50(54)52-24-12-14-28-56(52)64(59)40-48/h1-43H;1-42H. The number of aromatic nitrogens is 7. The largest absolute Gasteiger partial charge is 0.247 e. The predicted octanol–water partition coefficient (Wildman–Crippen LogP) is 37.6. The predicted molar refractivity (Wildman–Crippen MR) is 623 cm³/mol. The first kappa shape index (κ1) is 85.1. The van der Waals surface area contributed by atoms with E-state index in [0.717, 1.165) is 155 Å². The van der Waals surface area contributed by atoms with Gasteiger partial charge < -0.3 is 0 Å². The van der Waals surface area contributed by atoms with Crippen LogP contribution in [-0.4, -0.2) is 34.9 Å². The summed E-state index contributed by atoms with van der Waals surface area (Å²) in [6.07, 6.45) is 0. The van der Waals surface area contributed by atoms with E-state index in [1.165, 1.54) is 129 Å². The van der Waals surface area contributed by atoms with Crippen LogP contribution < -0.4 is 0 Å². The smallest absolute Gasteiger partial charge is 0.164 e. The van der Waals surface area contributed by atoms with Crippen molar-refractivity contribution in [2.45, 2.75) is 0 Å². The molecule has 0 aliphatic heterocycles. The minimum Gasteiger partial charge on any atom is -0.247 e. The summed E-state index contributed by atoms with van der Waals surface area (Å²) in [5.74, 6) is 2.58. The number of nitrogens with zero attached hydrogens (tertiary/aromatic N) is 7. The van der Waals surface area contributed by atoms with Crippen LogP contribution in [0.2, 0.25) is 0 Å². The maximum Gasteiger partial charge on any atom is 0.164 e. The molecule has 0 fully saturated rings. The highest BCUT2D eigenvalue weighted by atomic mass is 15.0. The quantitative estimate of drug-likeness (QED) is 0.113. The van der Waals surface area contributed by atoms with Crippen LogP contribution >= 0.6 is 0 Å². The monoisotopic (exact) mass is 1880 g/mol. The number of fused-ring (bicyclic) bond motifs is 30. The fourth-order valence-corrected chi connectivity index (χ4v) is 23.3. The van der Waals surface area contributed by atoms with Crippen molar-refractivity contribution in [1.29, 1.82) is 0 Å². The summed E-state index contributed by atoms with van der Waals surface area (Å²) in [4.78, 5) is 36.7. The SMILES string of the molecule is c1ccc(-c2cc(-c3ccccc3)nc(-c3ccc(-c4cc5c(-c6ccc7c8ccccc8c8ccccc8c7c6)cc(-c6ccc7c8ccccc8c8ccccc8c7c6)nc5c5ccccc45)cc3)n2)cc1.c1ccc(-c2nc(-c3ccccc3)nc(-c3ccc(-c4cc5c(-c6ccc7c8ccccc8c8ccccc8c7c6)cc(-c6ccc7c8ccccc8c8ccccc8c7c6)nc5c5ccccc45)cc3)n2)cc1. The van der Waals surface area contributed by atoms with Gasteiger partial charge in [-0.15, -0.1) is 0 Å². The molecule has 0 bridgehead atoms. The van der Waals surface area contributed by atoms with E-state index < -0.39 is 0 Å². The molecule has 0 spiro atoms. The lowest BCUT2D eigenvalue weighted by Gasteiger charge is -2.17. The van der Waals surface area contributed by atoms with E-state index in [-0.39, 0.29) is 0 Å². The van der Waals surface area contributed by atoms with E-state index in [2.05, 4.69) is 443 Å². The van der Waals surface area contributed by atoms with Gasteiger partial charge in [0.05, 0.1) is 33.8 Å². The third-order valence-electron chi connectivity index (χ3n) is 30.3. The van der Waals surface area contributed by atoms with Crippen LogP contribution in [-0.2, 0) is 0 Å². The van der Waals surface area contributed by atoms with Crippen molar-refractivity contribution in [1.82, 2.24) is 34.9 Å². The molecule has 148 heavy (non-hydrogen) atoms. The summed E-state index contributed by atoms with van der Waals surface area (Å²) in [5, 5.41) is 36.6. The molecule has 0 amide bonds. The van der Waals surface area contributed by atoms with Crippen LogP contribution in [0, 0.1) is 0 Å². The lowest BCUT2D eigenvalue weighted by atomic mass is 9.88. The first-order valence-corrected chi connectivity index (χ1v) is 50.5. The average Bonchev–Trinajstić information content (AvgIpc) is 0.733. The number of hydrogen-bond acceptors (Lipinski definition) is 7. The third-order valence-corrected chi connectivity index (χ3v) is 30.3. The van der Waals surface area contributed by atoms with E-state index in [4.69, 9.17) is 34.9 Å². The second-order valence-electron chi connectivity index (χ2n) is 38.6. The topological polar surface area (TPSA) is 90.2 Å². The van der Waals surface area contributed by atoms with Crippen molar-refractivity contribution in [2.24, 2.45) is 0 Å². The van der Waals surface area contributed by atoms with Gasteiger partial charge in [-0.1, -0.05) is 461 Å². The Labute approximate surface area is 852 Å². The molecule has 7 nitrogen and oxygen atoms in total. The Hall–Kier alpha value is -19.7. The van der Waals surface area contributed by atoms with Gasteiger partial charge in [0.1, 0.15) is 0 Å². The van der Waals surface area contributed by atoms with Crippen molar-refractivity contribution in [3.05, 3.63) is 516 Å². The molecule has 0 radical (unpaired) electrons. The molecule has 4 heterocycles. The summed E-state index contributed by atoms with van der Waals surface area (Å²) in [5.41, 5.74) is 22.6. The van der Waals surface area contributed by atoms with Gasteiger partial charge >= 0.3 is 0 Å². The van der Waals surface area contributed by atoms with Gasteiger partial charge in [0.2, 0.25) is 0 Å². The van der Waals surface area contributed by atoms with E-state index in [9.17, 15) is 0 Å². The van der Waals surface area contributed by atoms with Crippen molar-refractivity contribution in [3.8, 4) is 135 Å². The zero-order valence-electron chi connectivity index (χ0n) is 80.2. The number of benzene rings is 26. The Morgan fingerprint density at radius 3 is 0.547 bits per heavy atom. The maximum absolute atomic E-state index is 5.70. The molecule has 0 aliphatic rings. The normalized spacial score (nSPS) is 11.8. The van der Waals surface area contributed by atoms with Gasteiger partial charge in [-0.25, -0.2) is 34.9 Å². The molecule has 0 atom stereocenters. The summed E-state index contributed by atoms with van der Waals surface area (Å²) < 4.78 is 0. The number of hydrogen-bond donors (Lipinski definition) is 0. The molecule has 684 valence electrons. The van der Waals surface area contributed by atoms with Crippen LogP contribution in [0.4, 0.5) is 0 Å². The van der Waals surface area contributed by atoms with Crippen molar-refractivity contribution < 1.29 is 0 Å². The second-order valence-corrected chi connectivity index (χ2v) is 38.6. The van der Waals surface area contributed by atoms with Crippen molar-refractivity contribution >= 4 is 173 Å². The molecule has 26 aromatic carbocycles. The first-order valence-electron chi connectivity index (χ1n) is 50.5. The molecule has 30 rings (SSSR count). The molecular formula is C141H85N7. The Kier molecular flexibility index (Phi) is 20.2. The molecule has 4 aromatic heterocycles. The Balaban J connectivity index is 0.000000140. The van der Waals surface area contributed by atoms with E-state index >= 15 is 0 Å². The Bertz CT molecular complexity index is 9870. The molecule has 0 N–H and O–H groups in total. The van der Waals surface area contributed by atoms with E-state index in [1.807, 2.05) is 72.8 Å². The highest BCUT2D eigenvalue weighted by molar-refractivity contribution is 6.31. The van der Waals surface area contributed by atoms with Crippen LogP contribution in [0.25, 0.3) is 308 Å². The highest BCUT2D eigenvalue weighted by Gasteiger charge is 2.25. The fraction of sp³-hybridized carbons (Fsp3) is 0. The molecule has 0 unspecified atom stereocenters. The first-order chi connectivity index (χ1) is 73.4. The van der Waals surface area contributed by atoms with E-state index in [1.54, 1.807) is 0 Å². The van der Waals surface area contributed by atoms with Gasteiger partial charge in [-0.3, -0.25) is 0 Å². The fourth-order valence-electron chi connectivity index (χ4n) is 23.3. The number of pyridine rings is 2. The zero-order valence-corrected chi connectivity index (χ0v) is 80.2. The van der Waals surface area contributed by atoms with Crippen LogP contribution in [0.1, 0.15) is 0 Å². The summed E-state index contributed by atoms with van der Waals surface area (Å²) in [6, 6.07) is 186. The molecule has 0 saturated carbocycles. The van der Waals surface area contributed by atoms with E-state index in [0.29, 0.717) is 23.3 Å². The molecule has 0 aliphatic carbocycles. The van der Waals surface area contributed by atoms with Crippen molar-refractivity contribution in [2.75, 3.05) is 0 Å². The maximum atomic E-state index is 5.70. The number of rotatable bonds is 12. The average molecular weight is 1880 g/mol. The minimum absolute atomic E-state index is 0.623. The van der Waals surface area contributed by atoms with Gasteiger partial charge in [0.25, 0.3) is 0 Å². The Morgan fingerprint density at radius 1 is 0.0878 bits per heavy atom. The zero-order chi connectivity index (χ0) is 97.4. The van der Waals surface area contributed by atoms with Crippen LogP contribution in [0.15, 0.2) is 516 Å². The molecular weight excluding hydrogens is 1790 g/mol. The molecule has 30 aromatic rings. The second kappa shape index (κ2) is 35.2. The highest BCUT2D eigenvalue weighted by Crippen LogP contribution is 2.50. The third kappa shape index (κ3) is 14.5. The van der Waals surface area contributed by atoms with Gasteiger partial charge in [-0.2, -0.15) is 0 Å². The van der Waals surface area contributed by atoms with Crippen molar-refractivity contribution in [3.63, 3.8) is 0 Å². The summed E-state index contributed by atoms with van der Waals surface area (Å²) in [6.45, 7) is 0. The lowest BCUT2D eigenvalue weighted by Crippen LogP contribution is -2.00. The van der Waals surface area contributed by atoms with Crippen LogP contribution in [0.5, 0.6) is 0 Å². The summed E-state index contributed by atoms with van der Waals surface area (Å²) in [7, 11) is 0. The van der Waals surface area contributed by atoms with Crippen LogP contribution in [0.3, 0.4) is 0 Å². The molecule has 0 saturated heterocycles. The van der Waals surface area contributed by atoms with Gasteiger partial charge in [0.15, 0.2) is 23.3 Å². The molecule has 7 heteroatoms.